The number of hydrogen-bond acceptors (Lipinski definition) is 2. The van der Waals surface area contributed by atoms with E-state index in [1.54, 1.807) is 24.4 Å². The summed E-state index contributed by atoms with van der Waals surface area (Å²) in [5.41, 5.74) is 2.04. The number of rotatable bonds is 1. The first kappa shape index (κ1) is 11.8. The monoisotopic (exact) mass is 297 g/mol. The Bertz CT molecular complexity index is 737. The normalized spacial score (nSPS) is 11.1. The summed E-state index contributed by atoms with van der Waals surface area (Å²) >= 11 is 18.4. The van der Waals surface area contributed by atoms with Crippen LogP contribution in [0, 0.1) is 0 Å². The molecule has 0 saturated carbocycles. The molecule has 0 saturated heterocycles. The average Bonchev–Trinajstić information content (AvgIpc) is 2.77. The summed E-state index contributed by atoms with van der Waals surface area (Å²) in [6, 6.07) is 9.01. The Morgan fingerprint density at radius 1 is 1.06 bits per heavy atom. The molecule has 0 atom stereocenters. The quantitative estimate of drug-likeness (QED) is 0.625. The van der Waals surface area contributed by atoms with E-state index in [-0.39, 0.29) is 0 Å². The summed E-state index contributed by atoms with van der Waals surface area (Å²) in [5.74, 6) is 0. The largest absolute Gasteiger partial charge is 0.216 e. The molecule has 18 heavy (non-hydrogen) atoms. The topological polar surface area (TPSA) is 30.2 Å². The second-order valence-corrected chi connectivity index (χ2v) is 4.83. The van der Waals surface area contributed by atoms with Crippen LogP contribution in [0.25, 0.3) is 16.8 Å². The van der Waals surface area contributed by atoms with Crippen molar-refractivity contribution in [2.75, 3.05) is 0 Å². The van der Waals surface area contributed by atoms with Crippen LogP contribution in [0.1, 0.15) is 0 Å². The van der Waals surface area contributed by atoms with Gasteiger partial charge in [0.15, 0.2) is 5.65 Å². The molecular formula is C12H6Cl3N3. The van der Waals surface area contributed by atoms with Gasteiger partial charge in [-0.15, -0.1) is 0 Å². The zero-order chi connectivity index (χ0) is 12.7. The van der Waals surface area contributed by atoms with Gasteiger partial charge in [-0.2, -0.15) is 5.10 Å². The van der Waals surface area contributed by atoms with E-state index < -0.39 is 0 Å². The molecule has 1 aromatic carbocycles. The molecule has 3 aromatic rings. The van der Waals surface area contributed by atoms with Gasteiger partial charge in [-0.25, -0.2) is 9.50 Å². The number of halogens is 3. The molecule has 3 nitrogen and oxygen atoms in total. The molecule has 0 aliphatic heterocycles. The van der Waals surface area contributed by atoms with Crippen molar-refractivity contribution >= 4 is 40.4 Å². The summed E-state index contributed by atoms with van der Waals surface area (Å²) in [6.45, 7) is 0. The van der Waals surface area contributed by atoms with E-state index in [0.29, 0.717) is 26.5 Å². The van der Waals surface area contributed by atoms with E-state index in [4.69, 9.17) is 34.8 Å². The van der Waals surface area contributed by atoms with Gasteiger partial charge < -0.3 is 0 Å². The summed E-state index contributed by atoms with van der Waals surface area (Å²) in [5, 5.41) is 5.45. The van der Waals surface area contributed by atoms with Crippen LogP contribution in [-0.2, 0) is 0 Å². The van der Waals surface area contributed by atoms with Gasteiger partial charge in [0.25, 0.3) is 0 Å². The van der Waals surface area contributed by atoms with Crippen LogP contribution in [-0.4, -0.2) is 14.6 Å². The highest BCUT2D eigenvalue weighted by molar-refractivity contribution is 6.38. The maximum Gasteiger partial charge on any atom is 0.158 e. The highest BCUT2D eigenvalue weighted by atomic mass is 35.5. The smallest absolute Gasteiger partial charge is 0.158 e. The Hall–Kier alpha value is -1.29. The molecule has 0 unspecified atom stereocenters. The van der Waals surface area contributed by atoms with Crippen LogP contribution < -0.4 is 0 Å². The molecule has 6 heteroatoms. The minimum Gasteiger partial charge on any atom is -0.216 e. The fraction of sp³-hybridized carbons (Fsp3) is 0. The SMILES string of the molecule is Clc1cccc(-c2c(Cl)nc3ccnn3c2Cl)c1. The van der Waals surface area contributed by atoms with Crippen molar-refractivity contribution in [3.63, 3.8) is 0 Å². The number of nitrogens with zero attached hydrogens (tertiary/aromatic N) is 3. The van der Waals surface area contributed by atoms with Gasteiger partial charge in [0, 0.05) is 11.1 Å². The van der Waals surface area contributed by atoms with Crippen molar-refractivity contribution in [2.45, 2.75) is 0 Å². The van der Waals surface area contributed by atoms with Gasteiger partial charge in [-0.1, -0.05) is 46.9 Å². The van der Waals surface area contributed by atoms with Gasteiger partial charge in [0.2, 0.25) is 0 Å². The fourth-order valence-electron chi connectivity index (χ4n) is 1.76. The highest BCUT2D eigenvalue weighted by Gasteiger charge is 2.15. The van der Waals surface area contributed by atoms with Crippen molar-refractivity contribution in [2.24, 2.45) is 0 Å². The molecule has 0 N–H and O–H groups in total. The van der Waals surface area contributed by atoms with E-state index in [0.717, 1.165) is 5.56 Å². The lowest BCUT2D eigenvalue weighted by molar-refractivity contribution is 0.942. The third-order valence-electron chi connectivity index (χ3n) is 2.55. The Labute approximate surface area is 118 Å². The molecule has 0 aliphatic carbocycles. The van der Waals surface area contributed by atoms with Crippen molar-refractivity contribution in [3.8, 4) is 11.1 Å². The minimum absolute atomic E-state index is 0.329. The van der Waals surface area contributed by atoms with E-state index in [2.05, 4.69) is 10.1 Å². The fourth-order valence-corrected chi connectivity index (χ4v) is 2.61. The molecule has 0 fully saturated rings. The Morgan fingerprint density at radius 3 is 2.67 bits per heavy atom. The van der Waals surface area contributed by atoms with Crippen LogP contribution in [0.2, 0.25) is 15.3 Å². The zero-order valence-corrected chi connectivity index (χ0v) is 11.2. The molecule has 0 radical (unpaired) electrons. The molecule has 0 amide bonds. The number of aromatic nitrogens is 3. The summed E-state index contributed by atoms with van der Waals surface area (Å²) in [7, 11) is 0. The molecule has 3 rings (SSSR count). The summed E-state index contributed by atoms with van der Waals surface area (Å²) < 4.78 is 1.53. The maximum absolute atomic E-state index is 6.31. The van der Waals surface area contributed by atoms with E-state index in [9.17, 15) is 0 Å². The predicted octanol–water partition coefficient (Wildman–Crippen LogP) is 4.36. The number of hydrogen-bond donors (Lipinski definition) is 0. The Morgan fingerprint density at radius 2 is 1.89 bits per heavy atom. The lowest BCUT2D eigenvalue weighted by Gasteiger charge is -2.08. The second-order valence-electron chi connectivity index (χ2n) is 3.68. The summed E-state index contributed by atoms with van der Waals surface area (Å²) in [6.07, 6.45) is 1.62. The van der Waals surface area contributed by atoms with Gasteiger partial charge in [-0.05, 0) is 17.7 Å². The van der Waals surface area contributed by atoms with E-state index >= 15 is 0 Å². The van der Waals surface area contributed by atoms with Crippen LogP contribution in [0.5, 0.6) is 0 Å². The molecular weight excluding hydrogens is 293 g/mol. The third kappa shape index (κ3) is 1.85. The van der Waals surface area contributed by atoms with Gasteiger partial charge in [-0.3, -0.25) is 0 Å². The first-order chi connectivity index (χ1) is 8.66. The molecule has 0 bridgehead atoms. The minimum atomic E-state index is 0.329. The van der Waals surface area contributed by atoms with E-state index in [1.807, 2.05) is 12.1 Å². The van der Waals surface area contributed by atoms with Crippen molar-refractivity contribution in [3.05, 3.63) is 51.9 Å². The molecule has 2 heterocycles. The van der Waals surface area contributed by atoms with Crippen molar-refractivity contribution in [1.82, 2.24) is 14.6 Å². The van der Waals surface area contributed by atoms with Gasteiger partial charge >= 0.3 is 0 Å². The first-order valence-electron chi connectivity index (χ1n) is 5.11. The van der Waals surface area contributed by atoms with Gasteiger partial charge in [0.05, 0.1) is 11.8 Å². The number of benzene rings is 1. The van der Waals surface area contributed by atoms with Crippen LogP contribution in [0.3, 0.4) is 0 Å². The van der Waals surface area contributed by atoms with Crippen LogP contribution in [0.4, 0.5) is 0 Å². The van der Waals surface area contributed by atoms with Crippen LogP contribution in [0.15, 0.2) is 36.5 Å². The molecule has 0 spiro atoms. The van der Waals surface area contributed by atoms with Crippen molar-refractivity contribution in [1.29, 1.82) is 0 Å². The second kappa shape index (κ2) is 4.43. The third-order valence-corrected chi connectivity index (χ3v) is 3.40. The molecule has 2 aromatic heterocycles. The zero-order valence-electron chi connectivity index (χ0n) is 8.94. The molecule has 0 aliphatic rings. The first-order valence-corrected chi connectivity index (χ1v) is 6.25. The predicted molar refractivity (Wildman–Crippen MR) is 73.5 cm³/mol. The lowest BCUT2D eigenvalue weighted by atomic mass is 10.1. The Balaban J connectivity index is 2.34. The maximum atomic E-state index is 6.31. The highest BCUT2D eigenvalue weighted by Crippen LogP contribution is 2.34. The lowest BCUT2D eigenvalue weighted by Crippen LogP contribution is -1.96. The molecule has 90 valence electrons. The van der Waals surface area contributed by atoms with Crippen molar-refractivity contribution < 1.29 is 0 Å². The standard InChI is InChI=1S/C12H6Cl3N3/c13-8-3-1-2-7(6-8)10-11(14)17-9-4-5-16-18(9)12(10)15/h1-6H. The number of fused-ring (bicyclic) bond motifs is 1. The van der Waals surface area contributed by atoms with Crippen LogP contribution >= 0.6 is 34.8 Å². The Kier molecular flexibility index (Phi) is 2.90. The van der Waals surface area contributed by atoms with E-state index in [1.165, 1.54) is 4.52 Å². The average molecular weight is 299 g/mol. The van der Waals surface area contributed by atoms with Gasteiger partial charge in [0.1, 0.15) is 10.3 Å². The summed E-state index contributed by atoms with van der Waals surface area (Å²) in [4.78, 5) is 4.24.